The van der Waals surface area contributed by atoms with Crippen LogP contribution in [0.1, 0.15) is 68.1 Å². The lowest BCUT2D eigenvalue weighted by Crippen LogP contribution is -2.70. The number of ether oxygens (including phenoxy) is 1. The number of unbranched alkanes of at least 4 members (excludes halogenated alkanes) is 7. The van der Waals surface area contributed by atoms with Crippen LogP contribution in [0.25, 0.3) is 0 Å². The van der Waals surface area contributed by atoms with E-state index in [-0.39, 0.29) is 17.3 Å². The van der Waals surface area contributed by atoms with E-state index in [1.165, 1.54) is 24.3 Å². The fourth-order valence-corrected chi connectivity index (χ4v) is 4.31. The molecular formula is C26H29F13O2S. The maximum Gasteiger partial charge on any atom is 0.460 e. The maximum absolute atomic E-state index is 13.9. The third-order valence-corrected chi connectivity index (χ3v) is 6.97. The zero-order valence-corrected chi connectivity index (χ0v) is 22.8. The van der Waals surface area contributed by atoms with Crippen molar-refractivity contribution in [3.05, 3.63) is 42.5 Å². The number of rotatable bonds is 19. The fraction of sp³-hybridized carbons (Fsp3) is 0.654. The van der Waals surface area contributed by atoms with Crippen molar-refractivity contribution in [2.45, 2.75) is 93.6 Å². The third kappa shape index (κ3) is 8.94. The molecule has 0 radical (unpaired) electrons. The largest absolute Gasteiger partial charge is 0.494 e. The quantitative estimate of drug-likeness (QED) is 0.0846. The first-order valence-electron chi connectivity index (χ1n) is 12.6. The minimum Gasteiger partial charge on any atom is -0.494 e. The summed E-state index contributed by atoms with van der Waals surface area (Å²) in [6, 6.07) is 5.02. The summed E-state index contributed by atoms with van der Waals surface area (Å²) in [5.74, 6) is -38.2. The molecule has 0 aromatic heterocycles. The van der Waals surface area contributed by atoms with E-state index in [0.29, 0.717) is 12.4 Å². The number of alkyl halides is 13. The summed E-state index contributed by atoms with van der Waals surface area (Å²) in [4.78, 5) is 12.1. The molecule has 0 bridgehead atoms. The number of hydrogen-bond acceptors (Lipinski definition) is 3. The van der Waals surface area contributed by atoms with Gasteiger partial charge in [-0.25, -0.2) is 0 Å². The number of carbonyl (C=O) groups excluding carboxylic acids is 1. The van der Waals surface area contributed by atoms with Gasteiger partial charge < -0.3 is 4.74 Å². The van der Waals surface area contributed by atoms with Crippen LogP contribution in [0.15, 0.2) is 36.9 Å². The molecular weight excluding hydrogens is 623 g/mol. The lowest BCUT2D eigenvalue weighted by atomic mass is 9.93. The molecule has 0 atom stereocenters. The summed E-state index contributed by atoms with van der Waals surface area (Å²) in [5.41, 5.74) is -0.166. The van der Waals surface area contributed by atoms with Crippen LogP contribution in [0.4, 0.5) is 57.1 Å². The second-order valence-electron chi connectivity index (χ2n) is 9.31. The summed E-state index contributed by atoms with van der Waals surface area (Å²) in [7, 11) is 0. The number of thioether (sulfide) groups is 1. The first kappa shape index (κ1) is 37.9. The van der Waals surface area contributed by atoms with Gasteiger partial charge in [-0.3, -0.25) is 4.79 Å². The Morgan fingerprint density at radius 2 is 1.17 bits per heavy atom. The molecule has 0 saturated carbocycles. The number of carbonyl (C=O) groups is 1. The molecule has 0 spiro atoms. The molecule has 0 aliphatic carbocycles. The highest BCUT2D eigenvalue weighted by atomic mass is 32.2. The first-order chi connectivity index (χ1) is 19.2. The first-order valence-corrected chi connectivity index (χ1v) is 13.6. The number of benzene rings is 1. The molecule has 0 aliphatic heterocycles. The topological polar surface area (TPSA) is 26.3 Å². The van der Waals surface area contributed by atoms with Gasteiger partial charge in [0, 0.05) is 17.7 Å². The van der Waals surface area contributed by atoms with Crippen molar-refractivity contribution in [1.82, 2.24) is 0 Å². The molecule has 1 aromatic rings. The number of hydrogen-bond donors (Lipinski definition) is 0. The van der Waals surface area contributed by atoms with Crippen LogP contribution >= 0.6 is 11.8 Å². The molecule has 0 saturated heterocycles. The van der Waals surface area contributed by atoms with Crippen molar-refractivity contribution in [3.8, 4) is 5.75 Å². The molecule has 0 aliphatic rings. The highest BCUT2D eigenvalue weighted by Crippen LogP contribution is 2.60. The van der Waals surface area contributed by atoms with Gasteiger partial charge in [0.1, 0.15) is 5.75 Å². The standard InChI is InChI=1S/C26H29F13O2S/c1-2-3-4-5-6-7-8-9-10-16-41-19-13-11-18(12-14-19)20(40)42-17-15-21(27,28)22(29,30)23(31,32)24(33,34)25(35,36)26(37,38)39/h2,11-14H,1,3-10,15-17H2. The van der Waals surface area contributed by atoms with E-state index in [0.717, 1.165) is 51.4 Å². The van der Waals surface area contributed by atoms with Gasteiger partial charge in [-0.1, -0.05) is 49.9 Å². The average molecular weight is 653 g/mol. The van der Waals surface area contributed by atoms with Crippen LogP contribution < -0.4 is 4.74 Å². The molecule has 1 rings (SSSR count). The van der Waals surface area contributed by atoms with Crippen molar-refractivity contribution in [1.29, 1.82) is 0 Å². The lowest BCUT2D eigenvalue weighted by molar-refractivity contribution is -0.439. The van der Waals surface area contributed by atoms with Crippen molar-refractivity contribution in [2.24, 2.45) is 0 Å². The Hall–Kier alpha value is -2.13. The van der Waals surface area contributed by atoms with Gasteiger partial charge in [0.15, 0.2) is 0 Å². The Morgan fingerprint density at radius 3 is 1.67 bits per heavy atom. The summed E-state index contributed by atoms with van der Waals surface area (Å²) in [6.07, 6.45) is 0.0857. The third-order valence-electron chi connectivity index (χ3n) is 6.06. The number of halogens is 13. The zero-order chi connectivity index (χ0) is 32.5. The Kier molecular flexibility index (Phi) is 13.6. The van der Waals surface area contributed by atoms with Crippen molar-refractivity contribution in [2.75, 3.05) is 12.4 Å². The minimum absolute atomic E-state index is 0.117. The lowest BCUT2D eigenvalue weighted by Gasteiger charge is -2.39. The van der Waals surface area contributed by atoms with E-state index in [9.17, 15) is 61.9 Å². The van der Waals surface area contributed by atoms with Gasteiger partial charge in [0.25, 0.3) is 0 Å². The molecule has 42 heavy (non-hydrogen) atoms. The van der Waals surface area contributed by atoms with Gasteiger partial charge in [0.2, 0.25) is 5.12 Å². The minimum atomic E-state index is -7.94. The Bertz CT molecular complexity index is 993. The summed E-state index contributed by atoms with van der Waals surface area (Å²) in [6.45, 7) is 4.02. The van der Waals surface area contributed by atoms with Gasteiger partial charge in [0.05, 0.1) is 6.61 Å². The van der Waals surface area contributed by atoms with Crippen LogP contribution in [0.5, 0.6) is 5.75 Å². The molecule has 242 valence electrons. The van der Waals surface area contributed by atoms with E-state index >= 15 is 0 Å². The smallest absolute Gasteiger partial charge is 0.460 e. The van der Waals surface area contributed by atoms with Crippen LogP contribution in [0, 0.1) is 0 Å². The second kappa shape index (κ2) is 15.0. The second-order valence-corrected chi connectivity index (χ2v) is 10.4. The molecule has 16 heteroatoms. The van der Waals surface area contributed by atoms with Gasteiger partial charge in [-0.15, -0.1) is 6.58 Å². The van der Waals surface area contributed by atoms with Crippen LogP contribution in [0.3, 0.4) is 0 Å². The van der Waals surface area contributed by atoms with Crippen molar-refractivity contribution in [3.63, 3.8) is 0 Å². The summed E-state index contributed by atoms with van der Waals surface area (Å²) >= 11 is -0.117. The highest BCUT2D eigenvalue weighted by molar-refractivity contribution is 8.14. The number of allylic oxidation sites excluding steroid dienone is 1. The van der Waals surface area contributed by atoms with Crippen molar-refractivity contribution >= 4 is 16.9 Å². The van der Waals surface area contributed by atoms with Gasteiger partial charge >= 0.3 is 35.8 Å². The molecule has 0 unspecified atom stereocenters. The molecule has 0 N–H and O–H groups in total. The highest BCUT2D eigenvalue weighted by Gasteiger charge is 2.90. The van der Waals surface area contributed by atoms with E-state index in [4.69, 9.17) is 4.74 Å². The Labute approximate surface area is 238 Å². The Morgan fingerprint density at radius 1 is 0.690 bits per heavy atom. The van der Waals surface area contributed by atoms with Crippen LogP contribution in [-0.2, 0) is 0 Å². The molecule has 1 aromatic carbocycles. The fourth-order valence-electron chi connectivity index (χ4n) is 3.47. The van der Waals surface area contributed by atoms with E-state index in [2.05, 4.69) is 6.58 Å². The summed E-state index contributed by atoms with van der Waals surface area (Å²) < 4.78 is 177. The van der Waals surface area contributed by atoms with E-state index in [1.807, 2.05) is 6.08 Å². The monoisotopic (exact) mass is 652 g/mol. The molecule has 0 fully saturated rings. The van der Waals surface area contributed by atoms with Crippen LogP contribution in [-0.4, -0.2) is 53.3 Å². The predicted molar refractivity (Wildman–Crippen MR) is 131 cm³/mol. The maximum atomic E-state index is 13.9. The van der Waals surface area contributed by atoms with Crippen LogP contribution in [0.2, 0.25) is 0 Å². The molecule has 0 amide bonds. The normalized spacial score (nSPS) is 13.7. The SMILES string of the molecule is C=CCCCCCCCCCOc1ccc(C(=O)SCCC(F)(F)C(F)(F)C(F)(F)C(F)(F)C(F)(F)C(F)(F)F)cc1. The van der Waals surface area contributed by atoms with Gasteiger partial charge in [-0.05, 0) is 43.5 Å². The predicted octanol–water partition coefficient (Wildman–Crippen LogP) is 10.4. The molecule has 0 heterocycles. The van der Waals surface area contributed by atoms with E-state index in [1.54, 1.807) is 0 Å². The zero-order valence-electron chi connectivity index (χ0n) is 22.0. The van der Waals surface area contributed by atoms with E-state index < -0.39 is 53.1 Å². The van der Waals surface area contributed by atoms with Gasteiger partial charge in [-0.2, -0.15) is 57.1 Å². The summed E-state index contributed by atoms with van der Waals surface area (Å²) in [5, 5.41) is -1.03. The van der Waals surface area contributed by atoms with Crippen molar-refractivity contribution < 1.29 is 66.6 Å². The Balaban J connectivity index is 2.62. The average Bonchev–Trinajstić information content (AvgIpc) is 2.88. The molecule has 2 nitrogen and oxygen atoms in total.